The number of carbonyl (C=O) groups excluding carboxylic acids is 2. The van der Waals surface area contributed by atoms with Crippen LogP contribution in [0.15, 0.2) is 0 Å². The second kappa shape index (κ2) is 4.34. The van der Waals surface area contributed by atoms with Gasteiger partial charge in [0.05, 0.1) is 0 Å². The molecule has 0 aliphatic carbocycles. The van der Waals surface area contributed by atoms with Crippen LogP contribution in [0.2, 0.25) is 0 Å². The average molecular weight is 85.1 g/mol. The lowest BCUT2D eigenvalue weighted by Gasteiger charge is -1.67. The van der Waals surface area contributed by atoms with Gasteiger partial charge in [0, 0.05) is 12.8 Å². The fourth-order valence-electron chi connectivity index (χ4n) is 0.111. The van der Waals surface area contributed by atoms with Crippen molar-refractivity contribution in [3.8, 4) is 0 Å². The molecule has 0 spiro atoms. The molecule has 0 fully saturated rings. The van der Waals surface area contributed by atoms with E-state index in [2.05, 4.69) is 0 Å². The summed E-state index contributed by atoms with van der Waals surface area (Å²) in [5, 5.41) is 0. The third-order valence-corrected chi connectivity index (χ3v) is 0.329. The van der Waals surface area contributed by atoms with E-state index in [1.165, 1.54) is 6.42 Å². The average Bonchev–Trinajstić information content (AvgIpc) is 1.61. The summed E-state index contributed by atoms with van der Waals surface area (Å²) in [6.45, 7) is 0. The van der Waals surface area contributed by atoms with E-state index >= 15 is 0 Å². The molecule has 0 aromatic carbocycles. The first kappa shape index (κ1) is 5.34. The zero-order valence-corrected chi connectivity index (χ0v) is 3.26. The third kappa shape index (κ3) is 3.34. The van der Waals surface area contributed by atoms with Gasteiger partial charge in [0.15, 0.2) is 0 Å². The normalized spacial score (nSPS) is 7.33. The highest BCUT2D eigenvalue weighted by Crippen LogP contribution is 1.70. The van der Waals surface area contributed by atoms with E-state index in [-0.39, 0.29) is 6.42 Å². The van der Waals surface area contributed by atoms with Crippen LogP contribution in [-0.2, 0) is 9.59 Å². The highest BCUT2D eigenvalue weighted by Gasteiger charge is 1.75. The number of unbranched alkanes of at least 4 members (excludes halogenated alkanes) is 1. The summed E-state index contributed by atoms with van der Waals surface area (Å²) in [4.78, 5) is 18.7. The van der Waals surface area contributed by atoms with Gasteiger partial charge in [-0.1, -0.05) is 0 Å². The van der Waals surface area contributed by atoms with Gasteiger partial charge in [-0.05, 0) is 0 Å². The lowest BCUT2D eigenvalue weighted by atomic mass is 10.4. The molecule has 2 nitrogen and oxygen atoms in total. The maximum atomic E-state index is 9.37. The second-order valence-electron chi connectivity index (χ2n) is 0.774. The first-order valence-corrected chi connectivity index (χ1v) is 1.62. The second-order valence-corrected chi connectivity index (χ2v) is 0.774. The molecule has 0 aliphatic heterocycles. The van der Waals surface area contributed by atoms with E-state index < -0.39 is 0 Å². The molecule has 0 amide bonds. The summed E-state index contributed by atoms with van der Waals surface area (Å²) in [5.41, 5.74) is 0. The standard InChI is InChI=1S/C4H5O2/c5-3-1-2-4-6/h1,3-4H,2H2. The third-order valence-electron chi connectivity index (χ3n) is 0.329. The zero-order chi connectivity index (χ0) is 4.83. The van der Waals surface area contributed by atoms with Gasteiger partial charge in [-0.2, -0.15) is 0 Å². The van der Waals surface area contributed by atoms with Gasteiger partial charge in [-0.3, -0.25) is 0 Å². The summed E-state index contributed by atoms with van der Waals surface area (Å²) in [7, 11) is 0. The molecule has 0 aromatic heterocycles. The van der Waals surface area contributed by atoms with Crippen LogP contribution in [0.1, 0.15) is 6.42 Å². The Hall–Kier alpha value is -0.660. The monoisotopic (exact) mass is 85.0 g/mol. The molecule has 0 heterocycles. The van der Waals surface area contributed by atoms with E-state index in [0.717, 1.165) is 0 Å². The topological polar surface area (TPSA) is 34.1 Å². The number of hydrogen-bond donors (Lipinski definition) is 0. The van der Waals surface area contributed by atoms with Crippen molar-refractivity contribution in [1.29, 1.82) is 0 Å². The van der Waals surface area contributed by atoms with Gasteiger partial charge in [0.2, 0.25) is 0 Å². The molecule has 0 aliphatic rings. The molecule has 0 rings (SSSR count). The van der Waals surface area contributed by atoms with E-state index in [0.29, 0.717) is 12.6 Å². The van der Waals surface area contributed by atoms with Crippen molar-refractivity contribution in [2.45, 2.75) is 6.42 Å². The van der Waals surface area contributed by atoms with Crippen LogP contribution in [0.25, 0.3) is 0 Å². The SMILES string of the molecule is O=C[CH]CC=O. The lowest BCUT2D eigenvalue weighted by molar-refractivity contribution is -0.109. The van der Waals surface area contributed by atoms with Crippen LogP contribution in [0.4, 0.5) is 0 Å². The minimum atomic E-state index is 0.240. The smallest absolute Gasteiger partial charge is 0.124 e. The van der Waals surface area contributed by atoms with Crippen LogP contribution < -0.4 is 0 Å². The van der Waals surface area contributed by atoms with Gasteiger partial charge in [-0.25, -0.2) is 0 Å². The Labute approximate surface area is 36.2 Å². The molecule has 0 unspecified atom stereocenters. The number of carbonyl (C=O) groups is 2. The Morgan fingerprint density at radius 2 is 2.00 bits per heavy atom. The minimum absolute atomic E-state index is 0.240. The predicted octanol–water partition coefficient (Wildman–Crippen LogP) is -0.0214. The first-order chi connectivity index (χ1) is 2.91. The minimum Gasteiger partial charge on any atom is -0.303 e. The number of rotatable bonds is 3. The molecule has 0 bridgehead atoms. The van der Waals surface area contributed by atoms with Crippen LogP contribution in [-0.4, -0.2) is 12.6 Å². The van der Waals surface area contributed by atoms with Crippen molar-refractivity contribution in [3.63, 3.8) is 0 Å². The molecule has 0 aromatic rings. The largest absolute Gasteiger partial charge is 0.303 e. The molecule has 0 saturated heterocycles. The van der Waals surface area contributed by atoms with E-state index in [4.69, 9.17) is 0 Å². The van der Waals surface area contributed by atoms with Gasteiger partial charge >= 0.3 is 0 Å². The number of hydrogen-bond acceptors (Lipinski definition) is 2. The van der Waals surface area contributed by atoms with E-state index in [1.807, 2.05) is 0 Å². The van der Waals surface area contributed by atoms with Gasteiger partial charge in [0.1, 0.15) is 12.6 Å². The van der Waals surface area contributed by atoms with Crippen molar-refractivity contribution >= 4 is 12.6 Å². The van der Waals surface area contributed by atoms with Gasteiger partial charge < -0.3 is 9.59 Å². The summed E-state index contributed by atoms with van der Waals surface area (Å²) >= 11 is 0. The summed E-state index contributed by atoms with van der Waals surface area (Å²) in [6, 6.07) is 0. The molecule has 0 saturated carbocycles. The fraction of sp³-hybridized carbons (Fsp3) is 0.250. The van der Waals surface area contributed by atoms with Crippen LogP contribution >= 0.6 is 0 Å². The van der Waals surface area contributed by atoms with Crippen LogP contribution in [0.5, 0.6) is 0 Å². The highest BCUT2D eigenvalue weighted by molar-refractivity contribution is 5.67. The molecule has 33 valence electrons. The first-order valence-electron chi connectivity index (χ1n) is 1.62. The van der Waals surface area contributed by atoms with Crippen LogP contribution in [0.3, 0.4) is 0 Å². The molecule has 0 N–H and O–H groups in total. The molecule has 2 heteroatoms. The van der Waals surface area contributed by atoms with Crippen molar-refractivity contribution in [2.75, 3.05) is 0 Å². The Morgan fingerprint density at radius 3 is 2.17 bits per heavy atom. The summed E-state index contributed by atoms with van der Waals surface area (Å²) in [6.07, 6.45) is 2.78. The van der Waals surface area contributed by atoms with Crippen molar-refractivity contribution in [1.82, 2.24) is 0 Å². The maximum absolute atomic E-state index is 9.37. The Bertz CT molecular complexity index is 41.5. The Balaban J connectivity index is 2.66. The molecular weight excluding hydrogens is 80.0 g/mol. The maximum Gasteiger partial charge on any atom is 0.124 e. The molecular formula is C4H5O2. The Kier molecular flexibility index (Phi) is 3.86. The van der Waals surface area contributed by atoms with Crippen LogP contribution in [0, 0.1) is 6.42 Å². The molecule has 0 atom stereocenters. The highest BCUT2D eigenvalue weighted by atomic mass is 16.1. The summed E-state index contributed by atoms with van der Waals surface area (Å²) in [5.74, 6) is 0. The van der Waals surface area contributed by atoms with Gasteiger partial charge in [-0.15, -0.1) is 0 Å². The van der Waals surface area contributed by atoms with Crippen molar-refractivity contribution in [2.24, 2.45) is 0 Å². The van der Waals surface area contributed by atoms with E-state index in [1.54, 1.807) is 0 Å². The quantitative estimate of drug-likeness (QED) is 0.356. The number of aldehydes is 2. The zero-order valence-electron chi connectivity index (χ0n) is 3.26. The molecule has 1 radical (unpaired) electrons. The summed E-state index contributed by atoms with van der Waals surface area (Å²) < 4.78 is 0. The van der Waals surface area contributed by atoms with Crippen molar-refractivity contribution < 1.29 is 9.59 Å². The van der Waals surface area contributed by atoms with E-state index in [9.17, 15) is 9.59 Å². The molecule has 6 heavy (non-hydrogen) atoms. The predicted molar refractivity (Wildman–Crippen MR) is 21.0 cm³/mol. The fourth-order valence-corrected chi connectivity index (χ4v) is 0.111. The van der Waals surface area contributed by atoms with Gasteiger partial charge in [0.25, 0.3) is 0 Å². The van der Waals surface area contributed by atoms with Crippen molar-refractivity contribution in [3.05, 3.63) is 6.42 Å². The lowest BCUT2D eigenvalue weighted by Crippen LogP contribution is -1.75. The Morgan fingerprint density at radius 1 is 1.33 bits per heavy atom.